The maximum atomic E-state index is 13.7. The van der Waals surface area contributed by atoms with E-state index in [4.69, 9.17) is 11.6 Å². The van der Waals surface area contributed by atoms with Gasteiger partial charge in [-0.25, -0.2) is 0 Å². The Hall–Kier alpha value is -1.85. The van der Waals surface area contributed by atoms with Crippen LogP contribution in [0.25, 0.3) is 0 Å². The smallest absolute Gasteiger partial charge is 0.246 e. The number of halogens is 1. The number of rotatable bonds is 6. The summed E-state index contributed by atoms with van der Waals surface area (Å²) in [5.74, 6) is 0.591. The van der Waals surface area contributed by atoms with Gasteiger partial charge in [-0.3, -0.25) is 9.59 Å². The van der Waals surface area contributed by atoms with Gasteiger partial charge in [0.2, 0.25) is 11.8 Å². The largest absolute Gasteiger partial charge is 0.349 e. The van der Waals surface area contributed by atoms with E-state index >= 15 is 0 Å². The zero-order valence-corrected chi connectivity index (χ0v) is 21.4. The molecule has 1 heterocycles. The van der Waals surface area contributed by atoms with Gasteiger partial charge in [0.1, 0.15) is 5.54 Å². The van der Waals surface area contributed by atoms with Gasteiger partial charge in [0, 0.05) is 29.9 Å². The summed E-state index contributed by atoms with van der Waals surface area (Å²) in [6, 6.07) is 8.21. The Kier molecular flexibility index (Phi) is 8.28. The average Bonchev–Trinajstić information content (AvgIpc) is 2.74. The van der Waals surface area contributed by atoms with Crippen LogP contribution >= 0.6 is 11.6 Å². The number of hydrogen-bond donors (Lipinski definition) is 2. The third kappa shape index (κ3) is 6.60. The quantitative estimate of drug-likeness (QED) is 0.577. The maximum absolute atomic E-state index is 13.7. The summed E-state index contributed by atoms with van der Waals surface area (Å²) in [5, 5.41) is 7.06. The number of benzene rings is 1. The lowest BCUT2D eigenvalue weighted by Gasteiger charge is -2.48. The lowest BCUT2D eigenvalue weighted by atomic mass is 9.67. The molecule has 1 aromatic rings. The van der Waals surface area contributed by atoms with Crippen LogP contribution in [0.1, 0.15) is 71.3 Å². The minimum absolute atomic E-state index is 0.0621. The van der Waals surface area contributed by atoms with Gasteiger partial charge < -0.3 is 15.5 Å². The van der Waals surface area contributed by atoms with Crippen molar-refractivity contribution in [3.8, 4) is 0 Å². The topological polar surface area (TPSA) is 61.4 Å². The third-order valence-electron chi connectivity index (χ3n) is 7.20. The second kappa shape index (κ2) is 10.6. The molecular formula is C27H40ClN3O2. The van der Waals surface area contributed by atoms with Gasteiger partial charge >= 0.3 is 0 Å². The molecular weight excluding hydrogens is 434 g/mol. The van der Waals surface area contributed by atoms with Crippen molar-refractivity contribution in [3.05, 3.63) is 47.5 Å². The highest BCUT2D eigenvalue weighted by Gasteiger charge is 2.51. The highest BCUT2D eigenvalue weighted by molar-refractivity contribution is 6.30. The summed E-state index contributed by atoms with van der Waals surface area (Å²) in [7, 11) is 0. The third-order valence-corrected chi connectivity index (χ3v) is 7.45. The average molecular weight is 474 g/mol. The molecule has 5 nitrogen and oxygen atoms in total. The van der Waals surface area contributed by atoms with Crippen molar-refractivity contribution in [3.63, 3.8) is 0 Å². The molecule has 0 aromatic heterocycles. The lowest BCUT2D eigenvalue weighted by molar-refractivity contribution is -0.139. The molecule has 2 amide bonds. The summed E-state index contributed by atoms with van der Waals surface area (Å²) in [5.41, 5.74) is 0.0664. The van der Waals surface area contributed by atoms with Crippen LogP contribution in [-0.2, 0) is 9.59 Å². The fraction of sp³-hybridized carbons (Fsp3) is 0.630. The molecule has 1 aliphatic carbocycles. The summed E-state index contributed by atoms with van der Waals surface area (Å²) in [6.07, 6.45) is 6.61. The van der Waals surface area contributed by atoms with Gasteiger partial charge in [-0.2, -0.15) is 0 Å². The second-order valence-electron chi connectivity index (χ2n) is 11.0. The molecule has 2 fully saturated rings. The molecule has 1 saturated carbocycles. The Balaban J connectivity index is 1.75. The predicted molar refractivity (Wildman–Crippen MR) is 135 cm³/mol. The molecule has 6 heteroatoms. The van der Waals surface area contributed by atoms with Crippen LogP contribution in [-0.4, -0.2) is 47.4 Å². The molecule has 2 N–H and O–H groups in total. The van der Waals surface area contributed by atoms with Gasteiger partial charge in [0.15, 0.2) is 0 Å². The van der Waals surface area contributed by atoms with Gasteiger partial charge in [0.05, 0.1) is 0 Å². The molecule has 0 unspecified atom stereocenters. The van der Waals surface area contributed by atoms with Crippen molar-refractivity contribution in [2.24, 2.45) is 11.8 Å². The molecule has 1 saturated heterocycles. The van der Waals surface area contributed by atoms with Crippen molar-refractivity contribution in [1.29, 1.82) is 0 Å². The van der Waals surface area contributed by atoms with Crippen LogP contribution in [0.4, 0.5) is 0 Å². The Morgan fingerprint density at radius 2 is 1.79 bits per heavy atom. The zero-order chi connectivity index (χ0) is 24.2. The minimum atomic E-state index is -0.913. The van der Waals surface area contributed by atoms with E-state index in [2.05, 4.69) is 34.2 Å². The highest BCUT2D eigenvalue weighted by Crippen LogP contribution is 2.40. The molecule has 1 aliphatic heterocycles. The number of nitrogens with one attached hydrogen (secondary N) is 2. The Labute approximate surface area is 204 Å². The summed E-state index contributed by atoms with van der Waals surface area (Å²) >= 11 is 6.05. The number of carbonyl (C=O) groups excluding carboxylic acids is 2. The van der Waals surface area contributed by atoms with E-state index in [0.29, 0.717) is 12.3 Å². The van der Waals surface area contributed by atoms with Crippen LogP contribution in [0, 0.1) is 11.8 Å². The van der Waals surface area contributed by atoms with Gasteiger partial charge in [0.25, 0.3) is 0 Å². The van der Waals surface area contributed by atoms with Crippen molar-refractivity contribution in [2.75, 3.05) is 19.6 Å². The van der Waals surface area contributed by atoms with Crippen molar-refractivity contribution >= 4 is 23.4 Å². The lowest BCUT2D eigenvalue weighted by Crippen LogP contribution is -2.68. The number of hydrogen-bond acceptors (Lipinski definition) is 3. The first-order valence-corrected chi connectivity index (χ1v) is 12.6. The Bertz CT molecular complexity index is 840. The Morgan fingerprint density at radius 1 is 1.15 bits per heavy atom. The van der Waals surface area contributed by atoms with Crippen LogP contribution in [0.3, 0.4) is 0 Å². The van der Waals surface area contributed by atoms with Crippen LogP contribution in [0.5, 0.6) is 0 Å². The fourth-order valence-corrected chi connectivity index (χ4v) is 5.67. The minimum Gasteiger partial charge on any atom is -0.349 e. The molecule has 0 spiro atoms. The number of allylic oxidation sites excluding steroid dienone is 1. The molecule has 33 heavy (non-hydrogen) atoms. The first-order valence-electron chi connectivity index (χ1n) is 12.2. The second-order valence-corrected chi connectivity index (χ2v) is 11.4. The van der Waals surface area contributed by atoms with Crippen molar-refractivity contribution < 1.29 is 9.59 Å². The molecule has 3 rings (SSSR count). The maximum Gasteiger partial charge on any atom is 0.246 e. The van der Waals surface area contributed by atoms with Gasteiger partial charge in [-0.15, -0.1) is 6.58 Å². The van der Waals surface area contributed by atoms with Crippen LogP contribution < -0.4 is 10.6 Å². The van der Waals surface area contributed by atoms with E-state index in [1.165, 1.54) is 12.5 Å². The van der Waals surface area contributed by atoms with Gasteiger partial charge in [-0.05, 0) is 95.5 Å². The molecule has 3 atom stereocenters. The van der Waals surface area contributed by atoms with Crippen LogP contribution in [0.2, 0.25) is 5.02 Å². The first kappa shape index (κ1) is 25.8. The van der Waals surface area contributed by atoms with E-state index in [9.17, 15) is 9.59 Å². The number of likely N-dealkylation sites (tertiary alicyclic amines) is 1. The molecule has 2 aliphatic rings. The number of amides is 2. The van der Waals surface area contributed by atoms with E-state index in [1.807, 2.05) is 39.0 Å². The normalized spacial score (nSPS) is 27.1. The monoisotopic (exact) mass is 473 g/mol. The van der Waals surface area contributed by atoms with Crippen LogP contribution in [0.15, 0.2) is 36.9 Å². The van der Waals surface area contributed by atoms with E-state index < -0.39 is 5.54 Å². The fourth-order valence-electron chi connectivity index (χ4n) is 5.54. The predicted octanol–water partition coefficient (Wildman–Crippen LogP) is 4.91. The Morgan fingerprint density at radius 3 is 2.33 bits per heavy atom. The van der Waals surface area contributed by atoms with E-state index in [-0.39, 0.29) is 29.2 Å². The number of piperidine rings is 1. The summed E-state index contributed by atoms with van der Waals surface area (Å²) in [4.78, 5) is 28.4. The summed E-state index contributed by atoms with van der Waals surface area (Å²) < 4.78 is 0. The standard InChI is InChI=1S/C27H40ClN3O2/c1-6-20-7-10-23(27(17-20,29-19(2)32)25(33)30-26(3,4)5)18-31-15-13-22(14-16-31)21-8-11-24(28)12-9-21/h6,8-9,11-12,20,22-23H,1,7,10,13-18H2,2-5H3,(H,29,32)(H,30,33)/t20-,23+,27-/m1/s1. The molecule has 182 valence electrons. The summed E-state index contributed by atoms with van der Waals surface area (Å²) in [6.45, 7) is 14.2. The van der Waals surface area contributed by atoms with Gasteiger partial charge in [-0.1, -0.05) is 29.8 Å². The van der Waals surface area contributed by atoms with E-state index in [1.54, 1.807) is 0 Å². The SMILES string of the molecule is C=C[C@@H]1CC[C@@H](CN2CCC(c3ccc(Cl)cc3)CC2)[C@@](NC(C)=O)(C(=O)NC(C)(C)C)C1. The number of carbonyl (C=O) groups is 2. The molecule has 0 bridgehead atoms. The first-order chi connectivity index (χ1) is 15.5. The molecule has 1 aromatic carbocycles. The van der Waals surface area contributed by atoms with Crippen molar-refractivity contribution in [1.82, 2.24) is 15.5 Å². The zero-order valence-electron chi connectivity index (χ0n) is 20.6. The van der Waals surface area contributed by atoms with E-state index in [0.717, 1.165) is 50.3 Å². The number of nitrogens with zero attached hydrogens (tertiary/aromatic N) is 1. The molecule has 0 radical (unpaired) electrons. The highest BCUT2D eigenvalue weighted by atomic mass is 35.5. The van der Waals surface area contributed by atoms with Crippen molar-refractivity contribution in [2.45, 2.75) is 76.8 Å².